The zero-order valence-electron chi connectivity index (χ0n) is 11.7. The van der Waals surface area contributed by atoms with Gasteiger partial charge in [0.05, 0.1) is 0 Å². The molecule has 0 N–H and O–H groups in total. The Morgan fingerprint density at radius 2 is 2.06 bits per heavy atom. The first-order valence-electron chi connectivity index (χ1n) is 6.85. The van der Waals surface area contributed by atoms with E-state index < -0.39 is 9.04 Å². The standard InChI is InChI=1S/C15H26OSi/c1-5-6-7-10-14(3)16-17(4)15-11-8-9-13(2)12-15/h8-9,11-12,14,17H,5-7,10H2,1-4H3. The minimum Gasteiger partial charge on any atom is -0.413 e. The SMILES string of the molecule is CCCCCC(C)O[SiH](C)c1cccc(C)c1. The summed E-state index contributed by atoms with van der Waals surface area (Å²) >= 11 is 0. The van der Waals surface area contributed by atoms with E-state index in [1.165, 1.54) is 36.4 Å². The van der Waals surface area contributed by atoms with E-state index in [0.717, 1.165) is 0 Å². The van der Waals surface area contributed by atoms with Crippen LogP contribution in [0.3, 0.4) is 0 Å². The molecule has 0 aliphatic carbocycles. The van der Waals surface area contributed by atoms with Crippen LogP contribution >= 0.6 is 0 Å². The molecule has 0 aliphatic heterocycles. The molecule has 1 rings (SSSR count). The molecule has 17 heavy (non-hydrogen) atoms. The summed E-state index contributed by atoms with van der Waals surface area (Å²) in [4.78, 5) is 0. The first-order valence-corrected chi connectivity index (χ1v) is 9.05. The van der Waals surface area contributed by atoms with Gasteiger partial charge in [-0.2, -0.15) is 0 Å². The van der Waals surface area contributed by atoms with Gasteiger partial charge in [0, 0.05) is 6.10 Å². The van der Waals surface area contributed by atoms with Crippen molar-refractivity contribution < 1.29 is 4.43 Å². The van der Waals surface area contributed by atoms with Crippen molar-refractivity contribution in [1.29, 1.82) is 0 Å². The Balaban J connectivity index is 2.40. The normalized spacial score (nSPS) is 14.6. The Morgan fingerprint density at radius 3 is 2.71 bits per heavy atom. The fraction of sp³-hybridized carbons (Fsp3) is 0.600. The minimum atomic E-state index is -1.20. The lowest BCUT2D eigenvalue weighted by Gasteiger charge is -2.19. The lowest BCUT2D eigenvalue weighted by molar-refractivity contribution is 0.212. The molecule has 1 nitrogen and oxygen atoms in total. The summed E-state index contributed by atoms with van der Waals surface area (Å²) in [5.74, 6) is 0. The summed E-state index contributed by atoms with van der Waals surface area (Å²) in [6, 6.07) is 8.77. The minimum absolute atomic E-state index is 0.420. The van der Waals surface area contributed by atoms with Gasteiger partial charge < -0.3 is 4.43 Å². The highest BCUT2D eigenvalue weighted by molar-refractivity contribution is 6.66. The van der Waals surface area contributed by atoms with Crippen molar-refractivity contribution in [3.63, 3.8) is 0 Å². The number of benzene rings is 1. The van der Waals surface area contributed by atoms with Crippen molar-refractivity contribution in [3.8, 4) is 0 Å². The van der Waals surface area contributed by atoms with Crippen molar-refractivity contribution in [2.75, 3.05) is 0 Å². The summed E-state index contributed by atoms with van der Waals surface area (Å²) < 4.78 is 6.18. The molecule has 0 aliphatic rings. The largest absolute Gasteiger partial charge is 0.413 e. The molecule has 0 bridgehead atoms. The smallest absolute Gasteiger partial charge is 0.205 e. The molecule has 2 unspecified atom stereocenters. The highest BCUT2D eigenvalue weighted by Crippen LogP contribution is 2.08. The van der Waals surface area contributed by atoms with Crippen molar-refractivity contribution in [2.45, 2.75) is 59.1 Å². The fourth-order valence-corrected chi connectivity index (χ4v) is 3.97. The van der Waals surface area contributed by atoms with Crippen LogP contribution in [0.25, 0.3) is 0 Å². The third-order valence-corrected chi connectivity index (χ3v) is 5.33. The van der Waals surface area contributed by atoms with E-state index in [-0.39, 0.29) is 0 Å². The molecule has 1 aromatic carbocycles. The van der Waals surface area contributed by atoms with E-state index in [1.807, 2.05) is 0 Å². The van der Waals surface area contributed by atoms with Crippen LogP contribution in [0.1, 0.15) is 45.1 Å². The number of aryl methyl sites for hydroxylation is 1. The van der Waals surface area contributed by atoms with Crippen molar-refractivity contribution >= 4 is 14.2 Å². The van der Waals surface area contributed by atoms with Gasteiger partial charge in [0.2, 0.25) is 9.04 Å². The number of hydrogen-bond donors (Lipinski definition) is 0. The van der Waals surface area contributed by atoms with E-state index >= 15 is 0 Å². The van der Waals surface area contributed by atoms with E-state index in [0.29, 0.717) is 6.10 Å². The number of unbranched alkanes of at least 4 members (excludes halogenated alkanes) is 2. The van der Waals surface area contributed by atoms with Crippen LogP contribution in [0.5, 0.6) is 0 Å². The predicted octanol–water partition coefficient (Wildman–Crippen LogP) is 3.54. The van der Waals surface area contributed by atoms with E-state index in [2.05, 4.69) is 51.6 Å². The van der Waals surface area contributed by atoms with Crippen LogP contribution in [0.2, 0.25) is 6.55 Å². The fourth-order valence-electron chi connectivity index (χ4n) is 2.10. The molecule has 0 heterocycles. The highest BCUT2D eigenvalue weighted by Gasteiger charge is 2.12. The highest BCUT2D eigenvalue weighted by atomic mass is 28.3. The molecular formula is C15H26OSi. The second kappa shape index (κ2) is 7.67. The first kappa shape index (κ1) is 14.5. The summed E-state index contributed by atoms with van der Waals surface area (Å²) in [6.07, 6.45) is 5.54. The van der Waals surface area contributed by atoms with Crippen LogP contribution in [0.4, 0.5) is 0 Å². The van der Waals surface area contributed by atoms with Crippen molar-refractivity contribution in [1.82, 2.24) is 0 Å². The third kappa shape index (κ3) is 5.51. The molecule has 0 saturated heterocycles. The Kier molecular flexibility index (Phi) is 6.52. The van der Waals surface area contributed by atoms with Gasteiger partial charge in [-0.15, -0.1) is 0 Å². The Labute approximate surface area is 108 Å². The van der Waals surface area contributed by atoms with E-state index in [9.17, 15) is 0 Å². The zero-order valence-corrected chi connectivity index (χ0v) is 12.9. The van der Waals surface area contributed by atoms with Gasteiger partial charge in [-0.1, -0.05) is 56.0 Å². The van der Waals surface area contributed by atoms with E-state index in [1.54, 1.807) is 0 Å². The maximum Gasteiger partial charge on any atom is 0.205 e. The molecule has 96 valence electrons. The molecule has 2 heteroatoms. The van der Waals surface area contributed by atoms with Crippen LogP contribution in [0, 0.1) is 6.92 Å². The summed E-state index contributed by atoms with van der Waals surface area (Å²) in [6.45, 7) is 8.89. The molecule has 0 aromatic heterocycles. The van der Waals surface area contributed by atoms with Crippen LogP contribution in [0.15, 0.2) is 24.3 Å². The van der Waals surface area contributed by atoms with Gasteiger partial charge in [-0.25, -0.2) is 0 Å². The van der Waals surface area contributed by atoms with Gasteiger partial charge in [0.15, 0.2) is 0 Å². The lowest BCUT2D eigenvalue weighted by Crippen LogP contribution is -2.33. The molecule has 0 fully saturated rings. The maximum atomic E-state index is 6.18. The first-order chi connectivity index (χ1) is 8.13. The second-order valence-electron chi connectivity index (χ2n) is 5.00. The summed E-state index contributed by atoms with van der Waals surface area (Å²) in [5.41, 5.74) is 1.34. The average molecular weight is 250 g/mol. The van der Waals surface area contributed by atoms with Gasteiger partial charge in [-0.3, -0.25) is 0 Å². The molecule has 0 saturated carbocycles. The van der Waals surface area contributed by atoms with Crippen LogP contribution in [-0.4, -0.2) is 15.1 Å². The van der Waals surface area contributed by atoms with Gasteiger partial charge >= 0.3 is 0 Å². The topological polar surface area (TPSA) is 9.23 Å². The second-order valence-corrected chi connectivity index (χ2v) is 7.22. The van der Waals surface area contributed by atoms with Crippen molar-refractivity contribution in [3.05, 3.63) is 29.8 Å². The number of hydrogen-bond acceptors (Lipinski definition) is 1. The quantitative estimate of drug-likeness (QED) is 0.531. The van der Waals surface area contributed by atoms with Gasteiger partial charge in [-0.05, 0) is 32.0 Å². The van der Waals surface area contributed by atoms with Gasteiger partial charge in [0.25, 0.3) is 0 Å². The molecule has 2 atom stereocenters. The number of rotatable bonds is 7. The molecule has 0 amide bonds. The lowest BCUT2D eigenvalue weighted by atomic mass is 10.1. The third-order valence-electron chi connectivity index (χ3n) is 3.16. The predicted molar refractivity (Wildman–Crippen MR) is 78.5 cm³/mol. The van der Waals surface area contributed by atoms with E-state index in [4.69, 9.17) is 4.43 Å². The van der Waals surface area contributed by atoms with Crippen molar-refractivity contribution in [2.24, 2.45) is 0 Å². The van der Waals surface area contributed by atoms with Crippen LogP contribution < -0.4 is 5.19 Å². The molecule has 1 aromatic rings. The summed E-state index contributed by atoms with van der Waals surface area (Å²) in [5, 5.41) is 1.42. The monoisotopic (exact) mass is 250 g/mol. The zero-order chi connectivity index (χ0) is 12.7. The van der Waals surface area contributed by atoms with Crippen LogP contribution in [-0.2, 0) is 4.43 Å². The Morgan fingerprint density at radius 1 is 1.29 bits per heavy atom. The molecular weight excluding hydrogens is 224 g/mol. The summed E-state index contributed by atoms with van der Waals surface area (Å²) in [7, 11) is -1.20. The Bertz CT molecular complexity index is 324. The molecule has 0 spiro atoms. The molecule has 0 radical (unpaired) electrons. The Hall–Kier alpha value is -0.603. The van der Waals surface area contributed by atoms with Gasteiger partial charge in [0.1, 0.15) is 0 Å². The average Bonchev–Trinajstić information content (AvgIpc) is 2.29. The maximum absolute atomic E-state index is 6.18.